The molecule has 0 saturated carbocycles. The number of hydrogen-bond donors (Lipinski definition) is 0. The van der Waals surface area contributed by atoms with Crippen LogP contribution in [0.15, 0.2) is 18.2 Å². The summed E-state index contributed by atoms with van der Waals surface area (Å²) in [5.74, 6) is 0.0692. The zero-order valence-electron chi connectivity index (χ0n) is 8.92. The van der Waals surface area contributed by atoms with Gasteiger partial charge in [0, 0.05) is 5.88 Å². The van der Waals surface area contributed by atoms with E-state index < -0.39 is 11.4 Å². The summed E-state index contributed by atoms with van der Waals surface area (Å²) in [6.45, 7) is -1.49. The zero-order valence-corrected chi connectivity index (χ0v) is 11.3. The van der Waals surface area contributed by atoms with Gasteiger partial charge in [0.1, 0.15) is 11.5 Å². The van der Waals surface area contributed by atoms with Gasteiger partial charge in [-0.05, 0) is 30.2 Å². The first-order chi connectivity index (χ1) is 7.95. The number of hydrogen-bond acceptors (Lipinski definition) is 2. The molecule has 0 fully saturated rings. The van der Waals surface area contributed by atoms with Crippen molar-refractivity contribution in [2.75, 3.05) is 0 Å². The topological polar surface area (TPSA) is 26.3 Å². The van der Waals surface area contributed by atoms with Gasteiger partial charge in [-0.2, -0.15) is 8.78 Å². The van der Waals surface area contributed by atoms with Crippen LogP contribution in [0.5, 0.6) is 5.75 Å². The Hall–Kier alpha value is -0.680. The van der Waals surface area contributed by atoms with Gasteiger partial charge in [0.2, 0.25) is 0 Å². The molecular formula is C11H10BrClF2O2. The van der Waals surface area contributed by atoms with E-state index in [0.717, 1.165) is 0 Å². The third-order valence-corrected chi connectivity index (χ3v) is 3.54. The molecule has 0 aliphatic carbocycles. The van der Waals surface area contributed by atoms with E-state index in [0.29, 0.717) is 11.1 Å². The van der Waals surface area contributed by atoms with Crippen molar-refractivity contribution >= 4 is 33.3 Å². The van der Waals surface area contributed by atoms with E-state index >= 15 is 0 Å². The van der Waals surface area contributed by atoms with Crippen LogP contribution in [0.3, 0.4) is 0 Å². The quantitative estimate of drug-likeness (QED) is 0.763. The van der Waals surface area contributed by atoms with E-state index in [9.17, 15) is 13.6 Å². The molecule has 6 heteroatoms. The summed E-state index contributed by atoms with van der Waals surface area (Å²) in [6, 6.07) is 4.36. The second-order valence-corrected chi connectivity index (χ2v) is 4.53. The number of Topliss-reactive ketones (excluding diaryl/α,β-unsaturated/α-hetero) is 1. The third-order valence-electron chi connectivity index (χ3n) is 2.12. The minimum absolute atomic E-state index is 0.00886. The molecule has 0 heterocycles. The summed E-state index contributed by atoms with van der Waals surface area (Å²) >= 11 is 8.91. The molecule has 0 radical (unpaired) electrons. The fraction of sp³-hybridized carbons (Fsp3) is 0.364. The van der Waals surface area contributed by atoms with Crippen LogP contribution < -0.4 is 4.74 Å². The molecule has 0 spiro atoms. The van der Waals surface area contributed by atoms with Crippen molar-refractivity contribution in [2.45, 2.75) is 24.2 Å². The first kappa shape index (κ1) is 14.4. The summed E-state index contributed by atoms with van der Waals surface area (Å²) in [6.07, 6.45) is 0. The predicted molar refractivity (Wildman–Crippen MR) is 65.0 cm³/mol. The van der Waals surface area contributed by atoms with E-state index in [1.54, 1.807) is 6.07 Å². The Balaban J connectivity index is 3.10. The number of halogens is 4. The summed E-state index contributed by atoms with van der Waals surface area (Å²) < 4.78 is 28.4. The van der Waals surface area contributed by atoms with Gasteiger partial charge >= 0.3 is 6.61 Å². The highest BCUT2D eigenvalue weighted by Gasteiger charge is 2.18. The lowest BCUT2D eigenvalue weighted by Crippen LogP contribution is -2.07. The Kier molecular flexibility index (Phi) is 5.33. The van der Waals surface area contributed by atoms with Gasteiger partial charge in [0.05, 0.1) is 4.83 Å². The molecule has 0 saturated heterocycles. The summed E-state index contributed by atoms with van der Waals surface area (Å²) in [4.78, 5) is 10.7. The van der Waals surface area contributed by atoms with Crippen LogP contribution in [-0.4, -0.2) is 12.4 Å². The summed E-state index contributed by atoms with van der Waals surface area (Å²) in [7, 11) is 0. The second kappa shape index (κ2) is 6.31. The molecule has 0 amide bonds. The average molecular weight is 328 g/mol. The number of carbonyl (C=O) groups is 1. The lowest BCUT2D eigenvalue weighted by Gasteiger charge is -2.13. The predicted octanol–water partition coefficient (Wildman–Crippen LogP) is 4.05. The maximum absolute atomic E-state index is 12.1. The van der Waals surface area contributed by atoms with E-state index in [1.807, 2.05) is 0 Å². The normalized spacial score (nSPS) is 12.6. The van der Waals surface area contributed by atoms with Crippen molar-refractivity contribution in [3.63, 3.8) is 0 Å². The molecule has 1 aromatic carbocycles. The Bertz CT molecular complexity index is 412. The van der Waals surface area contributed by atoms with Gasteiger partial charge in [-0.25, -0.2) is 0 Å². The van der Waals surface area contributed by atoms with Crippen molar-refractivity contribution in [3.8, 4) is 5.75 Å². The molecule has 1 atom stereocenters. The summed E-state index contributed by atoms with van der Waals surface area (Å²) in [5, 5.41) is 0. The van der Waals surface area contributed by atoms with Gasteiger partial charge in [-0.15, -0.1) is 11.6 Å². The number of alkyl halides is 4. The Morgan fingerprint density at radius 3 is 2.65 bits per heavy atom. The molecule has 0 aliphatic heterocycles. The smallest absolute Gasteiger partial charge is 0.387 e. The van der Waals surface area contributed by atoms with Crippen LogP contribution in [0.1, 0.15) is 22.9 Å². The molecule has 1 aromatic rings. The molecule has 17 heavy (non-hydrogen) atoms. The van der Waals surface area contributed by atoms with Crippen molar-refractivity contribution < 1.29 is 18.3 Å². The zero-order chi connectivity index (χ0) is 13.0. The van der Waals surface area contributed by atoms with Gasteiger partial charge in [0.15, 0.2) is 0 Å². The van der Waals surface area contributed by atoms with Crippen LogP contribution >= 0.6 is 27.5 Å². The fourth-order valence-electron chi connectivity index (χ4n) is 1.33. The minimum Gasteiger partial charge on any atom is -0.435 e. The van der Waals surface area contributed by atoms with Crippen LogP contribution in [0, 0.1) is 0 Å². The minimum atomic E-state index is -2.89. The lowest BCUT2D eigenvalue weighted by molar-refractivity contribution is -0.116. The molecular weight excluding hydrogens is 317 g/mol. The fourth-order valence-corrected chi connectivity index (χ4v) is 2.00. The number of carbonyl (C=O) groups excluding carboxylic acids is 1. The molecule has 0 N–H and O–H groups in total. The van der Waals surface area contributed by atoms with E-state index in [1.165, 1.54) is 19.1 Å². The standard InChI is InChI=1S/C11H10BrClF2O2/c1-6(16)10(12)9-4-8(17-11(14)15)3-2-7(9)5-13/h2-4,10-11H,5H2,1H3. The van der Waals surface area contributed by atoms with Crippen LogP contribution in [0.2, 0.25) is 0 Å². The van der Waals surface area contributed by atoms with Crippen molar-refractivity contribution in [3.05, 3.63) is 29.3 Å². The van der Waals surface area contributed by atoms with Crippen LogP contribution in [-0.2, 0) is 10.7 Å². The maximum Gasteiger partial charge on any atom is 0.387 e. The molecule has 1 rings (SSSR count). The second-order valence-electron chi connectivity index (χ2n) is 3.35. The molecule has 0 aromatic heterocycles. The van der Waals surface area contributed by atoms with E-state index in [-0.39, 0.29) is 17.4 Å². The largest absolute Gasteiger partial charge is 0.435 e. The lowest BCUT2D eigenvalue weighted by atomic mass is 10.0. The number of ketones is 1. The number of benzene rings is 1. The Morgan fingerprint density at radius 1 is 1.53 bits per heavy atom. The number of rotatable bonds is 5. The average Bonchev–Trinajstić information content (AvgIpc) is 2.27. The van der Waals surface area contributed by atoms with E-state index in [2.05, 4.69) is 20.7 Å². The molecule has 94 valence electrons. The molecule has 0 bridgehead atoms. The van der Waals surface area contributed by atoms with Crippen molar-refractivity contribution in [1.29, 1.82) is 0 Å². The molecule has 1 unspecified atom stereocenters. The highest BCUT2D eigenvalue weighted by molar-refractivity contribution is 9.09. The molecule has 0 aliphatic rings. The van der Waals surface area contributed by atoms with Crippen LogP contribution in [0.25, 0.3) is 0 Å². The van der Waals surface area contributed by atoms with Crippen LogP contribution in [0.4, 0.5) is 8.78 Å². The number of ether oxygens (including phenoxy) is 1. The Labute approximate surface area is 111 Å². The van der Waals surface area contributed by atoms with Gasteiger partial charge in [-0.1, -0.05) is 22.0 Å². The molecule has 2 nitrogen and oxygen atoms in total. The monoisotopic (exact) mass is 326 g/mol. The van der Waals surface area contributed by atoms with Crippen molar-refractivity contribution in [1.82, 2.24) is 0 Å². The van der Waals surface area contributed by atoms with Crippen molar-refractivity contribution in [2.24, 2.45) is 0 Å². The van der Waals surface area contributed by atoms with Gasteiger partial charge in [0.25, 0.3) is 0 Å². The Morgan fingerprint density at radius 2 is 2.18 bits per heavy atom. The third kappa shape index (κ3) is 3.92. The van der Waals surface area contributed by atoms with E-state index in [4.69, 9.17) is 11.6 Å². The first-order valence-corrected chi connectivity index (χ1v) is 6.19. The van der Waals surface area contributed by atoms with Gasteiger partial charge < -0.3 is 4.74 Å². The SMILES string of the molecule is CC(=O)C(Br)c1cc(OC(F)F)ccc1CCl. The maximum atomic E-state index is 12.1. The van der Waals surface area contributed by atoms with Gasteiger partial charge in [-0.3, -0.25) is 4.79 Å². The highest BCUT2D eigenvalue weighted by atomic mass is 79.9. The first-order valence-electron chi connectivity index (χ1n) is 4.73. The highest BCUT2D eigenvalue weighted by Crippen LogP contribution is 2.31. The summed E-state index contributed by atoms with van der Waals surface area (Å²) in [5.41, 5.74) is 1.25.